The number of hydrogen-bond acceptors (Lipinski definition) is 4. The first-order valence-corrected chi connectivity index (χ1v) is 6.80. The van der Waals surface area contributed by atoms with Crippen molar-refractivity contribution in [2.45, 2.75) is 25.8 Å². The highest BCUT2D eigenvalue weighted by molar-refractivity contribution is 7.09. The Kier molecular flexibility index (Phi) is 2.94. The molecule has 90 valence electrons. The summed E-state index contributed by atoms with van der Waals surface area (Å²) >= 11 is 1.73. The Bertz CT molecular complexity index is 476. The normalized spacial score (nSPS) is 21.1. The van der Waals surface area contributed by atoms with Gasteiger partial charge in [0.2, 0.25) is 0 Å². The van der Waals surface area contributed by atoms with E-state index < -0.39 is 0 Å². The number of aromatic amines is 1. The molecule has 3 rings (SSSR count). The van der Waals surface area contributed by atoms with Gasteiger partial charge in [-0.3, -0.25) is 9.88 Å². The van der Waals surface area contributed by atoms with Gasteiger partial charge >= 0.3 is 0 Å². The van der Waals surface area contributed by atoms with E-state index in [9.17, 15) is 0 Å². The zero-order valence-electron chi connectivity index (χ0n) is 9.89. The van der Waals surface area contributed by atoms with Crippen LogP contribution in [-0.4, -0.2) is 32.9 Å². The van der Waals surface area contributed by atoms with Crippen LogP contribution in [0.25, 0.3) is 0 Å². The van der Waals surface area contributed by atoms with Crippen molar-refractivity contribution < 1.29 is 0 Å². The molecule has 0 saturated carbocycles. The summed E-state index contributed by atoms with van der Waals surface area (Å²) in [5, 5.41) is 0. The van der Waals surface area contributed by atoms with Crippen LogP contribution in [-0.2, 0) is 6.54 Å². The molecule has 1 atom stereocenters. The van der Waals surface area contributed by atoms with Crippen molar-refractivity contribution in [3.8, 4) is 0 Å². The molecular weight excluding hydrogens is 232 g/mol. The Morgan fingerprint density at radius 3 is 3.18 bits per heavy atom. The molecular formula is C12H16N4S. The molecule has 2 aromatic rings. The van der Waals surface area contributed by atoms with E-state index in [0.29, 0.717) is 5.92 Å². The summed E-state index contributed by atoms with van der Waals surface area (Å²) in [5.74, 6) is 1.71. The number of aryl methyl sites for hydroxylation is 1. The van der Waals surface area contributed by atoms with Crippen molar-refractivity contribution in [3.63, 3.8) is 0 Å². The minimum atomic E-state index is 0.566. The van der Waals surface area contributed by atoms with E-state index in [4.69, 9.17) is 0 Å². The standard InChI is InChI=1S/C12H16N4S/c1-9-4-14-12(15-9)10-2-3-16(6-10)7-11-5-13-8-17-11/h4-5,8,10H,2-3,6-7H2,1H3,(H,14,15)/t10-/m0/s1. The molecule has 0 aliphatic carbocycles. The molecule has 0 amide bonds. The SMILES string of the molecule is Cc1cnc([C@H]2CCN(Cc3cncs3)C2)[nH]1. The fourth-order valence-corrected chi connectivity index (χ4v) is 3.02. The van der Waals surface area contributed by atoms with Gasteiger partial charge in [-0.25, -0.2) is 4.98 Å². The second-order valence-electron chi connectivity index (χ2n) is 4.64. The maximum absolute atomic E-state index is 4.44. The van der Waals surface area contributed by atoms with Gasteiger partial charge in [0, 0.05) is 42.0 Å². The summed E-state index contributed by atoms with van der Waals surface area (Å²) in [4.78, 5) is 15.7. The second kappa shape index (κ2) is 4.58. The lowest BCUT2D eigenvalue weighted by Crippen LogP contribution is -2.19. The van der Waals surface area contributed by atoms with E-state index >= 15 is 0 Å². The average Bonchev–Trinajstić information content (AvgIpc) is 2.99. The number of nitrogens with one attached hydrogen (secondary N) is 1. The predicted octanol–water partition coefficient (Wildman–Crippen LogP) is 2.16. The fourth-order valence-electron chi connectivity index (χ4n) is 2.38. The Morgan fingerprint density at radius 1 is 1.53 bits per heavy atom. The number of H-pyrrole nitrogens is 1. The topological polar surface area (TPSA) is 44.8 Å². The highest BCUT2D eigenvalue weighted by Crippen LogP contribution is 2.26. The van der Waals surface area contributed by atoms with Crippen molar-refractivity contribution in [1.82, 2.24) is 19.9 Å². The second-order valence-corrected chi connectivity index (χ2v) is 5.61. The maximum atomic E-state index is 4.44. The third kappa shape index (κ3) is 2.40. The zero-order valence-corrected chi connectivity index (χ0v) is 10.7. The quantitative estimate of drug-likeness (QED) is 0.905. The van der Waals surface area contributed by atoms with Crippen LogP contribution in [0.2, 0.25) is 0 Å². The van der Waals surface area contributed by atoms with Crippen LogP contribution >= 0.6 is 11.3 Å². The minimum Gasteiger partial charge on any atom is -0.346 e. The van der Waals surface area contributed by atoms with Gasteiger partial charge in [0.25, 0.3) is 0 Å². The van der Waals surface area contributed by atoms with Gasteiger partial charge < -0.3 is 4.98 Å². The molecule has 0 spiro atoms. The molecule has 0 radical (unpaired) electrons. The van der Waals surface area contributed by atoms with Crippen molar-refractivity contribution >= 4 is 11.3 Å². The van der Waals surface area contributed by atoms with Crippen LogP contribution in [0.1, 0.15) is 28.7 Å². The van der Waals surface area contributed by atoms with Crippen molar-refractivity contribution in [2.75, 3.05) is 13.1 Å². The summed E-state index contributed by atoms with van der Waals surface area (Å²) in [5.41, 5.74) is 3.06. The van der Waals surface area contributed by atoms with E-state index in [0.717, 1.165) is 31.2 Å². The van der Waals surface area contributed by atoms with Crippen LogP contribution in [0, 0.1) is 6.92 Å². The lowest BCUT2D eigenvalue weighted by Gasteiger charge is -2.13. The number of hydrogen-bond donors (Lipinski definition) is 1. The monoisotopic (exact) mass is 248 g/mol. The lowest BCUT2D eigenvalue weighted by atomic mass is 10.1. The number of rotatable bonds is 3. The Hall–Kier alpha value is -1.20. The molecule has 1 saturated heterocycles. The first-order valence-electron chi connectivity index (χ1n) is 5.92. The number of nitrogens with zero attached hydrogens (tertiary/aromatic N) is 3. The summed E-state index contributed by atoms with van der Waals surface area (Å²) in [6, 6.07) is 0. The largest absolute Gasteiger partial charge is 0.346 e. The lowest BCUT2D eigenvalue weighted by molar-refractivity contribution is 0.328. The van der Waals surface area contributed by atoms with Gasteiger partial charge in [-0.15, -0.1) is 11.3 Å². The molecule has 0 unspecified atom stereocenters. The molecule has 0 aromatic carbocycles. The van der Waals surface area contributed by atoms with Gasteiger partial charge in [0.15, 0.2) is 0 Å². The van der Waals surface area contributed by atoms with Crippen LogP contribution in [0.15, 0.2) is 17.9 Å². The molecule has 5 heteroatoms. The minimum absolute atomic E-state index is 0.566. The number of imidazole rings is 1. The predicted molar refractivity (Wildman–Crippen MR) is 68.1 cm³/mol. The highest BCUT2D eigenvalue weighted by atomic mass is 32.1. The van der Waals surface area contributed by atoms with Crippen LogP contribution in [0.5, 0.6) is 0 Å². The summed E-state index contributed by atoms with van der Waals surface area (Å²) in [6.07, 6.45) is 5.09. The van der Waals surface area contributed by atoms with Gasteiger partial charge in [0.05, 0.1) is 5.51 Å². The molecule has 1 aliphatic rings. The van der Waals surface area contributed by atoms with E-state index in [1.165, 1.54) is 11.3 Å². The average molecular weight is 248 g/mol. The third-order valence-corrected chi connectivity index (χ3v) is 4.01. The van der Waals surface area contributed by atoms with E-state index in [2.05, 4.69) is 26.8 Å². The molecule has 1 N–H and O–H groups in total. The molecule has 17 heavy (non-hydrogen) atoms. The Balaban J connectivity index is 1.62. The van der Waals surface area contributed by atoms with Crippen LogP contribution in [0.4, 0.5) is 0 Å². The summed E-state index contributed by atoms with van der Waals surface area (Å²) < 4.78 is 0. The van der Waals surface area contributed by atoms with Crippen molar-refractivity contribution in [3.05, 3.63) is 34.3 Å². The van der Waals surface area contributed by atoms with Gasteiger partial charge in [-0.1, -0.05) is 0 Å². The molecule has 3 heterocycles. The van der Waals surface area contributed by atoms with Crippen molar-refractivity contribution in [1.29, 1.82) is 0 Å². The van der Waals surface area contributed by atoms with E-state index in [1.807, 2.05) is 17.9 Å². The number of aromatic nitrogens is 3. The van der Waals surface area contributed by atoms with Gasteiger partial charge in [-0.2, -0.15) is 0 Å². The molecule has 4 nitrogen and oxygen atoms in total. The fraction of sp³-hybridized carbons (Fsp3) is 0.500. The highest BCUT2D eigenvalue weighted by Gasteiger charge is 2.25. The van der Waals surface area contributed by atoms with Crippen LogP contribution < -0.4 is 0 Å². The third-order valence-electron chi connectivity index (χ3n) is 3.24. The molecule has 0 bridgehead atoms. The smallest absolute Gasteiger partial charge is 0.110 e. The van der Waals surface area contributed by atoms with E-state index in [1.54, 1.807) is 11.3 Å². The molecule has 1 aliphatic heterocycles. The number of thiazole rings is 1. The summed E-state index contributed by atoms with van der Waals surface area (Å²) in [7, 11) is 0. The first-order chi connectivity index (χ1) is 8.31. The Labute approximate surface area is 105 Å². The van der Waals surface area contributed by atoms with Crippen molar-refractivity contribution in [2.24, 2.45) is 0 Å². The maximum Gasteiger partial charge on any atom is 0.110 e. The van der Waals surface area contributed by atoms with Crippen LogP contribution in [0.3, 0.4) is 0 Å². The van der Waals surface area contributed by atoms with E-state index in [-0.39, 0.29) is 0 Å². The zero-order chi connectivity index (χ0) is 11.7. The van der Waals surface area contributed by atoms with Gasteiger partial charge in [0.1, 0.15) is 5.82 Å². The molecule has 2 aromatic heterocycles. The summed E-state index contributed by atoms with van der Waals surface area (Å²) in [6.45, 7) is 5.34. The first kappa shape index (κ1) is 10.9. The van der Waals surface area contributed by atoms with Gasteiger partial charge in [-0.05, 0) is 19.9 Å². The Morgan fingerprint density at radius 2 is 2.47 bits per heavy atom. The molecule has 1 fully saturated rings. The number of likely N-dealkylation sites (tertiary alicyclic amines) is 1.